The summed E-state index contributed by atoms with van der Waals surface area (Å²) in [6, 6.07) is 24.5. The molecule has 0 aromatic heterocycles. The Balaban J connectivity index is 1.92. The van der Waals surface area contributed by atoms with E-state index in [4.69, 9.17) is 0 Å². The van der Waals surface area contributed by atoms with Gasteiger partial charge in [0.25, 0.3) is 5.91 Å². The zero-order chi connectivity index (χ0) is 16.1. The van der Waals surface area contributed by atoms with Crippen LogP contribution in [0.15, 0.2) is 84.9 Å². The Hall–Kier alpha value is -3.14. The fourth-order valence-electron chi connectivity index (χ4n) is 2.23. The van der Waals surface area contributed by atoms with Crippen LogP contribution in [0.2, 0.25) is 0 Å². The van der Waals surface area contributed by atoms with Gasteiger partial charge in [0, 0.05) is 5.56 Å². The molecule has 0 spiro atoms. The second-order valence-corrected chi connectivity index (χ2v) is 4.96. The maximum Gasteiger partial charge on any atom is 0.270 e. The van der Waals surface area contributed by atoms with Crippen molar-refractivity contribution < 1.29 is 9.18 Å². The fourth-order valence-corrected chi connectivity index (χ4v) is 2.23. The Bertz CT molecular complexity index is 751. The van der Waals surface area contributed by atoms with Crippen molar-refractivity contribution in [3.63, 3.8) is 0 Å². The minimum Gasteiger partial charge on any atom is -0.267 e. The minimum absolute atomic E-state index is 0.266. The zero-order valence-electron chi connectivity index (χ0n) is 12.3. The molecule has 1 N–H and O–H groups in total. The van der Waals surface area contributed by atoms with Crippen LogP contribution >= 0.6 is 0 Å². The smallest absolute Gasteiger partial charge is 0.267 e. The van der Waals surface area contributed by atoms with Gasteiger partial charge < -0.3 is 0 Å². The van der Waals surface area contributed by atoms with Gasteiger partial charge in [-0.05, 0) is 42.5 Å². The van der Waals surface area contributed by atoms with E-state index in [0.29, 0.717) is 0 Å². The first-order chi connectivity index (χ1) is 11.2. The molecule has 0 radical (unpaired) electrons. The van der Waals surface area contributed by atoms with Gasteiger partial charge in [-0.1, -0.05) is 42.5 Å². The van der Waals surface area contributed by atoms with Gasteiger partial charge in [-0.25, -0.2) is 4.39 Å². The summed E-state index contributed by atoms with van der Waals surface area (Å²) in [4.78, 5) is 12.4. The van der Waals surface area contributed by atoms with Crippen LogP contribution in [0.25, 0.3) is 0 Å². The molecule has 1 amide bonds. The molecule has 0 aliphatic carbocycles. The van der Waals surface area contributed by atoms with Crippen LogP contribution in [0.3, 0.4) is 0 Å². The first-order valence-corrected chi connectivity index (χ1v) is 7.21. The zero-order valence-corrected chi connectivity index (χ0v) is 12.3. The molecule has 3 aromatic rings. The van der Waals surface area contributed by atoms with E-state index in [1.807, 2.05) is 60.7 Å². The van der Waals surface area contributed by atoms with Crippen LogP contribution in [0, 0.1) is 5.82 Å². The molecule has 0 bridgehead atoms. The Labute approximate surface area is 134 Å². The van der Waals surface area contributed by atoms with Crippen molar-refractivity contribution in [3.8, 4) is 0 Å². The third-order valence-corrected chi connectivity index (χ3v) is 3.33. The molecule has 0 fully saturated rings. The van der Waals surface area contributed by atoms with Gasteiger partial charge >= 0.3 is 0 Å². The first kappa shape index (κ1) is 14.8. The average molecular weight is 306 g/mol. The van der Waals surface area contributed by atoms with E-state index in [1.54, 1.807) is 11.1 Å². The molecule has 3 aromatic carbocycles. The summed E-state index contributed by atoms with van der Waals surface area (Å²) in [6.45, 7) is 0. The molecule has 114 valence electrons. The Morgan fingerprint density at radius 1 is 0.783 bits per heavy atom. The van der Waals surface area contributed by atoms with Crippen molar-refractivity contribution in [2.24, 2.45) is 0 Å². The molecule has 0 aliphatic rings. The number of carbonyl (C=O) groups is 1. The van der Waals surface area contributed by atoms with E-state index < -0.39 is 5.82 Å². The highest BCUT2D eigenvalue weighted by Crippen LogP contribution is 2.22. The van der Waals surface area contributed by atoms with Crippen molar-refractivity contribution in [2.45, 2.75) is 0 Å². The highest BCUT2D eigenvalue weighted by molar-refractivity contribution is 5.96. The number of rotatable bonds is 4. The Kier molecular flexibility index (Phi) is 4.34. The van der Waals surface area contributed by atoms with E-state index in [9.17, 15) is 9.18 Å². The topological polar surface area (TPSA) is 32.3 Å². The highest BCUT2D eigenvalue weighted by Gasteiger charge is 2.14. The summed E-state index contributed by atoms with van der Waals surface area (Å²) in [7, 11) is 0. The van der Waals surface area contributed by atoms with E-state index in [2.05, 4.69) is 5.43 Å². The number of nitrogens with zero attached hydrogens (tertiary/aromatic N) is 1. The maximum atomic E-state index is 13.3. The van der Waals surface area contributed by atoms with Crippen LogP contribution in [0.4, 0.5) is 15.8 Å². The van der Waals surface area contributed by atoms with Crippen molar-refractivity contribution in [1.82, 2.24) is 5.43 Å². The first-order valence-electron chi connectivity index (χ1n) is 7.21. The lowest BCUT2D eigenvalue weighted by Crippen LogP contribution is -2.38. The SMILES string of the molecule is O=C(NN(c1ccccc1)c1ccccc1)c1cccc(F)c1. The van der Waals surface area contributed by atoms with Gasteiger partial charge in [0.05, 0.1) is 11.4 Å². The highest BCUT2D eigenvalue weighted by atomic mass is 19.1. The number of benzene rings is 3. The summed E-state index contributed by atoms with van der Waals surface area (Å²) < 4.78 is 13.3. The van der Waals surface area contributed by atoms with Gasteiger partial charge in [0.1, 0.15) is 5.82 Å². The molecule has 23 heavy (non-hydrogen) atoms. The number of para-hydroxylation sites is 2. The van der Waals surface area contributed by atoms with Crippen LogP contribution in [0.5, 0.6) is 0 Å². The van der Waals surface area contributed by atoms with E-state index >= 15 is 0 Å². The van der Waals surface area contributed by atoms with Gasteiger partial charge in [-0.15, -0.1) is 0 Å². The number of anilines is 2. The average Bonchev–Trinajstić information content (AvgIpc) is 2.61. The fraction of sp³-hybridized carbons (Fsp3) is 0. The third kappa shape index (κ3) is 3.55. The predicted octanol–water partition coefficient (Wildman–Crippen LogP) is 4.31. The number of amides is 1. The van der Waals surface area contributed by atoms with E-state index in [-0.39, 0.29) is 11.5 Å². The summed E-state index contributed by atoms with van der Waals surface area (Å²) in [6.07, 6.45) is 0. The lowest BCUT2D eigenvalue weighted by molar-refractivity contribution is 0.0953. The lowest BCUT2D eigenvalue weighted by atomic mass is 10.2. The Morgan fingerprint density at radius 2 is 1.35 bits per heavy atom. The summed E-state index contributed by atoms with van der Waals surface area (Å²) in [5, 5.41) is 1.67. The number of carbonyl (C=O) groups excluding carboxylic acids is 1. The van der Waals surface area contributed by atoms with Crippen LogP contribution in [0.1, 0.15) is 10.4 Å². The second kappa shape index (κ2) is 6.75. The number of hydrazine groups is 1. The largest absolute Gasteiger partial charge is 0.270 e. The molecule has 0 heterocycles. The summed E-state index contributed by atoms with van der Waals surface area (Å²) in [5.74, 6) is -0.819. The van der Waals surface area contributed by atoms with Crippen LogP contribution in [-0.4, -0.2) is 5.91 Å². The number of hydrogen-bond donors (Lipinski definition) is 1. The summed E-state index contributed by atoms with van der Waals surface area (Å²) >= 11 is 0. The number of hydrogen-bond acceptors (Lipinski definition) is 2. The van der Waals surface area contributed by atoms with Crippen molar-refractivity contribution >= 4 is 17.3 Å². The van der Waals surface area contributed by atoms with Crippen LogP contribution in [-0.2, 0) is 0 Å². The molecule has 0 saturated carbocycles. The standard InChI is InChI=1S/C19H15FN2O/c20-16-9-7-8-15(14-16)19(23)21-22(17-10-3-1-4-11-17)18-12-5-2-6-13-18/h1-14H,(H,21,23). The van der Waals surface area contributed by atoms with Crippen molar-refractivity contribution in [2.75, 3.05) is 5.01 Å². The second-order valence-electron chi connectivity index (χ2n) is 4.96. The molecule has 3 rings (SSSR count). The molecule has 0 unspecified atom stereocenters. The normalized spacial score (nSPS) is 10.1. The van der Waals surface area contributed by atoms with Crippen LogP contribution < -0.4 is 10.4 Å². The van der Waals surface area contributed by atoms with Gasteiger partial charge in [-0.3, -0.25) is 15.2 Å². The predicted molar refractivity (Wildman–Crippen MR) is 88.9 cm³/mol. The third-order valence-electron chi connectivity index (χ3n) is 3.33. The van der Waals surface area contributed by atoms with Crippen molar-refractivity contribution in [1.29, 1.82) is 0 Å². The van der Waals surface area contributed by atoms with Crippen molar-refractivity contribution in [3.05, 3.63) is 96.3 Å². The van der Waals surface area contributed by atoms with E-state index in [0.717, 1.165) is 11.4 Å². The summed E-state index contributed by atoms with van der Waals surface area (Å²) in [5.41, 5.74) is 4.70. The lowest BCUT2D eigenvalue weighted by Gasteiger charge is -2.25. The molecule has 4 heteroatoms. The molecular formula is C19H15FN2O. The number of nitrogens with one attached hydrogen (secondary N) is 1. The molecule has 3 nitrogen and oxygen atoms in total. The quantitative estimate of drug-likeness (QED) is 0.729. The maximum absolute atomic E-state index is 13.3. The number of halogens is 1. The minimum atomic E-state index is -0.441. The monoisotopic (exact) mass is 306 g/mol. The van der Waals surface area contributed by atoms with Gasteiger partial charge in [0.15, 0.2) is 0 Å². The molecule has 0 atom stereocenters. The van der Waals surface area contributed by atoms with E-state index in [1.165, 1.54) is 18.2 Å². The molecule has 0 saturated heterocycles. The molecular weight excluding hydrogens is 291 g/mol. The molecule has 0 aliphatic heterocycles. The van der Waals surface area contributed by atoms with Gasteiger partial charge in [0.2, 0.25) is 0 Å². The Morgan fingerprint density at radius 3 is 1.87 bits per heavy atom. The van der Waals surface area contributed by atoms with Gasteiger partial charge in [-0.2, -0.15) is 0 Å².